The van der Waals surface area contributed by atoms with Gasteiger partial charge in [0, 0.05) is 24.3 Å². The highest BCUT2D eigenvalue weighted by atomic mass is 16.4. The molecule has 0 aliphatic rings. The van der Waals surface area contributed by atoms with Crippen molar-refractivity contribution in [1.82, 2.24) is 15.0 Å². The van der Waals surface area contributed by atoms with Crippen molar-refractivity contribution in [2.24, 2.45) is 0 Å². The van der Waals surface area contributed by atoms with Crippen molar-refractivity contribution in [1.29, 1.82) is 0 Å². The third-order valence-corrected chi connectivity index (χ3v) is 3.38. The second-order valence-electron chi connectivity index (χ2n) is 5.23. The van der Waals surface area contributed by atoms with Crippen LogP contribution < -0.4 is 5.32 Å². The van der Waals surface area contributed by atoms with E-state index in [0.717, 1.165) is 0 Å². The summed E-state index contributed by atoms with van der Waals surface area (Å²) in [5.41, 5.74) is 2.17. The number of aromatic nitrogens is 3. The Bertz CT molecular complexity index is 878. The Morgan fingerprint density at radius 3 is 2.28 bits per heavy atom. The number of carboxylic acid groups (broad SMARTS) is 1. The summed E-state index contributed by atoms with van der Waals surface area (Å²) >= 11 is 0. The van der Waals surface area contributed by atoms with Crippen LogP contribution in [0.25, 0.3) is 11.5 Å². The van der Waals surface area contributed by atoms with E-state index in [1.54, 1.807) is 42.6 Å². The lowest BCUT2D eigenvalue weighted by Gasteiger charge is -2.06. The van der Waals surface area contributed by atoms with Crippen LogP contribution in [-0.4, -0.2) is 31.9 Å². The van der Waals surface area contributed by atoms with Gasteiger partial charge in [-0.05, 0) is 29.8 Å². The maximum Gasteiger partial charge on any atom is 0.307 e. The molecule has 0 atom stereocenters. The first-order valence-electron chi connectivity index (χ1n) is 7.47. The summed E-state index contributed by atoms with van der Waals surface area (Å²) in [7, 11) is 0. The van der Waals surface area contributed by atoms with Gasteiger partial charge in [0.25, 0.3) is 5.91 Å². The van der Waals surface area contributed by atoms with Gasteiger partial charge in [0.2, 0.25) is 0 Å². The van der Waals surface area contributed by atoms with Gasteiger partial charge in [-0.3, -0.25) is 14.6 Å². The van der Waals surface area contributed by atoms with Crippen molar-refractivity contribution < 1.29 is 14.7 Å². The smallest absolute Gasteiger partial charge is 0.307 e. The number of amides is 1. The SMILES string of the molecule is O=C(O)Cc1ccc(NC(=O)c2cnc(-c3ccccn3)nc2)cc1. The van der Waals surface area contributed by atoms with Crippen molar-refractivity contribution in [3.63, 3.8) is 0 Å². The maximum atomic E-state index is 12.2. The zero-order chi connectivity index (χ0) is 17.6. The zero-order valence-electron chi connectivity index (χ0n) is 13.1. The number of carbonyl (C=O) groups is 2. The lowest BCUT2D eigenvalue weighted by Crippen LogP contribution is -2.13. The molecule has 25 heavy (non-hydrogen) atoms. The standard InChI is InChI=1S/C18H14N4O3/c23-16(24)9-12-4-6-14(7-5-12)22-18(25)13-10-20-17(21-11-13)15-3-1-2-8-19-15/h1-8,10-11H,9H2,(H,22,25)(H,23,24). The van der Waals surface area contributed by atoms with Gasteiger partial charge < -0.3 is 10.4 Å². The van der Waals surface area contributed by atoms with E-state index < -0.39 is 5.97 Å². The summed E-state index contributed by atoms with van der Waals surface area (Å²) in [5.74, 6) is -0.810. The van der Waals surface area contributed by atoms with Crippen LogP contribution in [0.1, 0.15) is 15.9 Å². The van der Waals surface area contributed by atoms with Crippen LogP contribution in [0.15, 0.2) is 61.1 Å². The van der Waals surface area contributed by atoms with Gasteiger partial charge in [0.05, 0.1) is 12.0 Å². The Kier molecular flexibility index (Phi) is 4.75. The molecular weight excluding hydrogens is 320 g/mol. The number of nitrogens with zero attached hydrogens (tertiary/aromatic N) is 3. The average molecular weight is 334 g/mol. The maximum absolute atomic E-state index is 12.2. The summed E-state index contributed by atoms with van der Waals surface area (Å²) in [5, 5.41) is 11.5. The van der Waals surface area contributed by atoms with Gasteiger partial charge in [-0.2, -0.15) is 0 Å². The molecule has 1 amide bonds. The minimum Gasteiger partial charge on any atom is -0.481 e. The molecule has 2 N–H and O–H groups in total. The lowest BCUT2D eigenvalue weighted by molar-refractivity contribution is -0.136. The molecule has 124 valence electrons. The molecule has 3 aromatic rings. The topological polar surface area (TPSA) is 105 Å². The van der Waals surface area contributed by atoms with Gasteiger partial charge in [-0.25, -0.2) is 9.97 Å². The van der Waals surface area contributed by atoms with Crippen LogP contribution in [0.4, 0.5) is 5.69 Å². The number of rotatable bonds is 5. The van der Waals surface area contributed by atoms with E-state index in [-0.39, 0.29) is 12.3 Å². The van der Waals surface area contributed by atoms with Crippen LogP contribution in [-0.2, 0) is 11.2 Å². The van der Waals surface area contributed by atoms with E-state index >= 15 is 0 Å². The van der Waals surface area contributed by atoms with Crippen LogP contribution >= 0.6 is 0 Å². The Morgan fingerprint density at radius 2 is 1.68 bits per heavy atom. The second kappa shape index (κ2) is 7.31. The van der Waals surface area contributed by atoms with E-state index in [2.05, 4.69) is 20.3 Å². The third-order valence-electron chi connectivity index (χ3n) is 3.38. The molecule has 1 aromatic carbocycles. The first-order chi connectivity index (χ1) is 12.1. The predicted octanol–water partition coefficient (Wildman–Crippen LogP) is 2.42. The molecular formula is C18H14N4O3. The molecule has 0 bridgehead atoms. The lowest BCUT2D eigenvalue weighted by atomic mass is 10.1. The van der Waals surface area contributed by atoms with Crippen molar-refractivity contribution in [3.8, 4) is 11.5 Å². The predicted molar refractivity (Wildman–Crippen MR) is 91.0 cm³/mol. The van der Waals surface area contributed by atoms with E-state index in [1.807, 2.05) is 6.07 Å². The molecule has 0 aliphatic heterocycles. The molecule has 3 rings (SSSR count). The van der Waals surface area contributed by atoms with E-state index in [0.29, 0.717) is 28.3 Å². The highest BCUT2D eigenvalue weighted by Crippen LogP contribution is 2.13. The fourth-order valence-electron chi connectivity index (χ4n) is 2.16. The first kappa shape index (κ1) is 16.3. The third kappa shape index (κ3) is 4.23. The number of hydrogen-bond acceptors (Lipinski definition) is 5. The monoisotopic (exact) mass is 334 g/mol. The van der Waals surface area contributed by atoms with Gasteiger partial charge in [0.1, 0.15) is 5.69 Å². The number of carbonyl (C=O) groups excluding carboxylic acids is 1. The summed E-state index contributed by atoms with van der Waals surface area (Å²) in [6.07, 6.45) is 4.46. The fraction of sp³-hybridized carbons (Fsp3) is 0.0556. The van der Waals surface area contributed by atoms with Crippen molar-refractivity contribution in [2.75, 3.05) is 5.32 Å². The van der Waals surface area contributed by atoms with Crippen LogP contribution in [0.3, 0.4) is 0 Å². The summed E-state index contributed by atoms with van der Waals surface area (Å²) < 4.78 is 0. The molecule has 0 unspecified atom stereocenters. The zero-order valence-corrected chi connectivity index (χ0v) is 13.1. The highest BCUT2D eigenvalue weighted by molar-refractivity contribution is 6.03. The van der Waals surface area contributed by atoms with Crippen molar-refractivity contribution in [2.45, 2.75) is 6.42 Å². The number of hydrogen-bond donors (Lipinski definition) is 2. The van der Waals surface area contributed by atoms with Gasteiger partial charge in [-0.15, -0.1) is 0 Å². The Balaban J connectivity index is 1.68. The number of benzene rings is 1. The Labute approximate surface area is 143 Å². The van der Waals surface area contributed by atoms with Crippen LogP contribution in [0.5, 0.6) is 0 Å². The fourth-order valence-corrected chi connectivity index (χ4v) is 2.16. The van der Waals surface area contributed by atoms with Gasteiger partial charge in [-0.1, -0.05) is 18.2 Å². The molecule has 7 heteroatoms. The summed E-state index contributed by atoms with van der Waals surface area (Å²) in [4.78, 5) is 35.4. The normalized spacial score (nSPS) is 10.2. The van der Waals surface area contributed by atoms with Crippen LogP contribution in [0, 0.1) is 0 Å². The van der Waals surface area contributed by atoms with E-state index in [9.17, 15) is 9.59 Å². The quantitative estimate of drug-likeness (QED) is 0.742. The number of anilines is 1. The van der Waals surface area contributed by atoms with Gasteiger partial charge in [0.15, 0.2) is 5.82 Å². The number of nitrogens with one attached hydrogen (secondary N) is 1. The molecule has 0 saturated carbocycles. The van der Waals surface area contributed by atoms with Crippen LogP contribution in [0.2, 0.25) is 0 Å². The molecule has 2 heterocycles. The molecule has 0 saturated heterocycles. The summed E-state index contributed by atoms with van der Waals surface area (Å²) in [6, 6.07) is 12.0. The van der Waals surface area contributed by atoms with Crippen molar-refractivity contribution in [3.05, 3.63) is 72.2 Å². The number of pyridine rings is 1. The minimum atomic E-state index is -0.901. The number of aliphatic carboxylic acids is 1. The molecule has 0 radical (unpaired) electrons. The molecule has 0 aliphatic carbocycles. The molecule has 0 fully saturated rings. The number of carboxylic acids is 1. The van der Waals surface area contributed by atoms with E-state index in [1.165, 1.54) is 12.4 Å². The molecule has 7 nitrogen and oxygen atoms in total. The Morgan fingerprint density at radius 1 is 0.960 bits per heavy atom. The molecule has 2 aromatic heterocycles. The van der Waals surface area contributed by atoms with E-state index in [4.69, 9.17) is 5.11 Å². The molecule has 0 spiro atoms. The largest absolute Gasteiger partial charge is 0.481 e. The van der Waals surface area contributed by atoms with Gasteiger partial charge >= 0.3 is 5.97 Å². The minimum absolute atomic E-state index is 0.0585. The average Bonchev–Trinajstić information content (AvgIpc) is 2.64. The summed E-state index contributed by atoms with van der Waals surface area (Å²) in [6.45, 7) is 0. The first-order valence-corrected chi connectivity index (χ1v) is 7.47. The second-order valence-corrected chi connectivity index (χ2v) is 5.23. The van der Waals surface area contributed by atoms with Crippen molar-refractivity contribution >= 4 is 17.6 Å². The Hall–Kier alpha value is -3.61. The highest BCUT2D eigenvalue weighted by Gasteiger charge is 2.09.